The molecule has 2 aromatic rings. The normalized spacial score (nSPS) is 10.3. The number of hydrogen-bond acceptors (Lipinski definition) is 5. The molecule has 1 aromatic carbocycles. The number of anilines is 1. The SMILES string of the molecule is COC(=O)Nc1c(O)ccc2c(C)cc(=O)oc12. The number of rotatable bonds is 1. The zero-order valence-electron chi connectivity index (χ0n) is 9.81. The summed E-state index contributed by atoms with van der Waals surface area (Å²) < 4.78 is 9.45. The summed E-state index contributed by atoms with van der Waals surface area (Å²) in [6, 6.07) is 4.34. The third kappa shape index (κ3) is 2.00. The van der Waals surface area contributed by atoms with Gasteiger partial charge in [0.1, 0.15) is 11.4 Å². The lowest BCUT2D eigenvalue weighted by Gasteiger charge is -2.09. The number of benzene rings is 1. The highest BCUT2D eigenvalue weighted by molar-refractivity contribution is 6.00. The van der Waals surface area contributed by atoms with E-state index in [1.807, 2.05) is 0 Å². The lowest BCUT2D eigenvalue weighted by atomic mass is 10.1. The van der Waals surface area contributed by atoms with Gasteiger partial charge >= 0.3 is 11.7 Å². The zero-order valence-corrected chi connectivity index (χ0v) is 9.81. The summed E-state index contributed by atoms with van der Waals surface area (Å²) in [4.78, 5) is 22.5. The van der Waals surface area contributed by atoms with Gasteiger partial charge in [-0.25, -0.2) is 9.59 Å². The van der Waals surface area contributed by atoms with Crippen molar-refractivity contribution < 1.29 is 19.1 Å². The van der Waals surface area contributed by atoms with Crippen molar-refractivity contribution in [3.8, 4) is 5.75 Å². The molecule has 6 nitrogen and oxygen atoms in total. The van der Waals surface area contributed by atoms with Gasteiger partial charge in [-0.15, -0.1) is 0 Å². The number of phenolic OH excluding ortho intramolecular Hbond substituents is 1. The minimum atomic E-state index is -0.762. The number of nitrogens with one attached hydrogen (secondary N) is 1. The van der Waals surface area contributed by atoms with Crippen LogP contribution in [0.3, 0.4) is 0 Å². The molecular formula is C12H11NO5. The molecule has 0 aliphatic heterocycles. The molecule has 18 heavy (non-hydrogen) atoms. The number of amides is 1. The monoisotopic (exact) mass is 249 g/mol. The van der Waals surface area contributed by atoms with Crippen molar-refractivity contribution in [2.75, 3.05) is 12.4 Å². The Morgan fingerprint density at radius 3 is 2.83 bits per heavy atom. The average Bonchev–Trinajstić information content (AvgIpc) is 2.32. The Morgan fingerprint density at radius 1 is 1.44 bits per heavy atom. The van der Waals surface area contributed by atoms with Gasteiger partial charge in [0.25, 0.3) is 0 Å². The van der Waals surface area contributed by atoms with E-state index in [1.54, 1.807) is 13.0 Å². The van der Waals surface area contributed by atoms with Gasteiger partial charge < -0.3 is 14.3 Å². The summed E-state index contributed by atoms with van der Waals surface area (Å²) in [7, 11) is 1.19. The van der Waals surface area contributed by atoms with Crippen molar-refractivity contribution in [1.29, 1.82) is 0 Å². The second-order valence-electron chi connectivity index (χ2n) is 3.70. The number of methoxy groups -OCH3 is 1. The molecule has 0 fully saturated rings. The highest BCUT2D eigenvalue weighted by Gasteiger charge is 2.14. The van der Waals surface area contributed by atoms with Gasteiger partial charge in [0, 0.05) is 11.5 Å². The highest BCUT2D eigenvalue weighted by atomic mass is 16.5. The van der Waals surface area contributed by atoms with Crippen LogP contribution in [0.25, 0.3) is 11.0 Å². The lowest BCUT2D eigenvalue weighted by molar-refractivity contribution is 0.187. The van der Waals surface area contributed by atoms with Gasteiger partial charge in [-0.3, -0.25) is 5.32 Å². The maximum absolute atomic E-state index is 11.3. The Bertz CT molecular complexity index is 674. The van der Waals surface area contributed by atoms with Crippen LogP contribution in [0.2, 0.25) is 0 Å². The zero-order chi connectivity index (χ0) is 13.3. The predicted molar refractivity (Wildman–Crippen MR) is 64.9 cm³/mol. The summed E-state index contributed by atoms with van der Waals surface area (Å²) >= 11 is 0. The van der Waals surface area contributed by atoms with E-state index in [0.717, 1.165) is 0 Å². The Hall–Kier alpha value is -2.50. The highest BCUT2D eigenvalue weighted by Crippen LogP contribution is 2.32. The molecule has 94 valence electrons. The second kappa shape index (κ2) is 4.40. The molecule has 2 rings (SSSR count). The van der Waals surface area contributed by atoms with Gasteiger partial charge in [0.15, 0.2) is 5.58 Å². The van der Waals surface area contributed by atoms with E-state index in [-0.39, 0.29) is 17.0 Å². The third-order valence-electron chi connectivity index (χ3n) is 2.51. The smallest absolute Gasteiger partial charge is 0.411 e. The van der Waals surface area contributed by atoms with Crippen molar-refractivity contribution in [3.05, 3.63) is 34.2 Å². The molecule has 1 heterocycles. The first-order valence-electron chi connectivity index (χ1n) is 5.14. The summed E-state index contributed by atoms with van der Waals surface area (Å²) in [5, 5.41) is 12.6. The number of carbonyl (C=O) groups is 1. The second-order valence-corrected chi connectivity index (χ2v) is 3.70. The molecule has 0 atom stereocenters. The van der Waals surface area contributed by atoms with E-state index in [2.05, 4.69) is 10.1 Å². The fourth-order valence-corrected chi connectivity index (χ4v) is 1.65. The summed E-state index contributed by atoms with van der Waals surface area (Å²) in [6.45, 7) is 1.73. The molecule has 1 aromatic heterocycles. The standard InChI is InChI=1S/C12H11NO5/c1-6-5-9(15)18-11-7(6)3-4-8(14)10(11)13-12(16)17-2/h3-5,14H,1-2H3,(H,13,16). The van der Waals surface area contributed by atoms with E-state index >= 15 is 0 Å². The van der Waals surface area contributed by atoms with E-state index in [9.17, 15) is 14.7 Å². The molecule has 0 bridgehead atoms. The fraction of sp³-hybridized carbons (Fsp3) is 0.167. The molecule has 6 heteroatoms. The maximum Gasteiger partial charge on any atom is 0.411 e. The summed E-state index contributed by atoms with van der Waals surface area (Å²) in [5.41, 5.74) is 0.262. The first kappa shape index (κ1) is 12.0. The Morgan fingerprint density at radius 2 is 2.17 bits per heavy atom. The Balaban J connectivity index is 2.73. The minimum Gasteiger partial charge on any atom is -0.506 e. The molecule has 1 amide bonds. The predicted octanol–water partition coefficient (Wildman–Crippen LogP) is 1.99. The summed E-state index contributed by atoms with van der Waals surface area (Å²) in [5.74, 6) is -0.207. The number of fused-ring (bicyclic) bond motifs is 1. The average molecular weight is 249 g/mol. The fourth-order valence-electron chi connectivity index (χ4n) is 1.65. The van der Waals surface area contributed by atoms with Crippen LogP contribution in [-0.2, 0) is 4.74 Å². The number of aryl methyl sites for hydroxylation is 1. The maximum atomic E-state index is 11.3. The van der Waals surface area contributed by atoms with E-state index in [0.29, 0.717) is 10.9 Å². The quantitative estimate of drug-likeness (QED) is 0.596. The van der Waals surface area contributed by atoms with Crippen LogP contribution in [0.15, 0.2) is 27.4 Å². The van der Waals surface area contributed by atoms with Crippen LogP contribution in [0, 0.1) is 6.92 Å². The van der Waals surface area contributed by atoms with Crippen LogP contribution in [0.4, 0.5) is 10.5 Å². The molecule has 0 spiro atoms. The molecule has 0 aliphatic carbocycles. The number of carbonyl (C=O) groups excluding carboxylic acids is 1. The van der Waals surface area contributed by atoms with Crippen LogP contribution in [0.1, 0.15) is 5.56 Å². The molecule has 2 N–H and O–H groups in total. The lowest BCUT2D eigenvalue weighted by Crippen LogP contribution is -2.12. The van der Waals surface area contributed by atoms with Crippen LogP contribution >= 0.6 is 0 Å². The van der Waals surface area contributed by atoms with Gasteiger partial charge in [-0.05, 0) is 24.6 Å². The van der Waals surface area contributed by atoms with Crippen LogP contribution < -0.4 is 10.9 Å². The molecular weight excluding hydrogens is 238 g/mol. The first-order chi connectivity index (χ1) is 8.52. The van der Waals surface area contributed by atoms with Gasteiger partial charge in [0.2, 0.25) is 0 Å². The van der Waals surface area contributed by atoms with Crippen molar-refractivity contribution in [2.45, 2.75) is 6.92 Å². The van der Waals surface area contributed by atoms with Crippen molar-refractivity contribution >= 4 is 22.7 Å². The van der Waals surface area contributed by atoms with Crippen molar-refractivity contribution in [3.63, 3.8) is 0 Å². The van der Waals surface area contributed by atoms with Gasteiger partial charge in [0.05, 0.1) is 7.11 Å². The molecule has 0 radical (unpaired) electrons. The molecule has 0 saturated carbocycles. The van der Waals surface area contributed by atoms with Crippen molar-refractivity contribution in [2.24, 2.45) is 0 Å². The topological polar surface area (TPSA) is 88.8 Å². The van der Waals surface area contributed by atoms with Gasteiger partial charge in [-0.2, -0.15) is 0 Å². The van der Waals surface area contributed by atoms with Crippen LogP contribution in [-0.4, -0.2) is 18.3 Å². The van der Waals surface area contributed by atoms with Crippen LogP contribution in [0.5, 0.6) is 5.75 Å². The number of phenols is 1. The van der Waals surface area contributed by atoms with E-state index in [1.165, 1.54) is 19.2 Å². The van der Waals surface area contributed by atoms with E-state index < -0.39 is 11.7 Å². The Labute approximate surface area is 102 Å². The molecule has 0 unspecified atom stereocenters. The molecule has 0 saturated heterocycles. The largest absolute Gasteiger partial charge is 0.506 e. The minimum absolute atomic E-state index is 0.0140. The van der Waals surface area contributed by atoms with Crippen molar-refractivity contribution in [1.82, 2.24) is 0 Å². The van der Waals surface area contributed by atoms with E-state index in [4.69, 9.17) is 4.42 Å². The third-order valence-corrected chi connectivity index (χ3v) is 2.51. The molecule has 0 aliphatic rings. The summed E-state index contributed by atoms with van der Waals surface area (Å²) in [6.07, 6.45) is -0.762. The number of hydrogen-bond donors (Lipinski definition) is 2. The Kier molecular flexibility index (Phi) is 2.93. The van der Waals surface area contributed by atoms with Gasteiger partial charge in [-0.1, -0.05) is 0 Å². The number of ether oxygens (including phenoxy) is 1. The first-order valence-corrected chi connectivity index (χ1v) is 5.14. The number of aromatic hydroxyl groups is 1.